The van der Waals surface area contributed by atoms with Crippen molar-refractivity contribution in [3.8, 4) is 0 Å². The molecule has 0 fully saturated rings. The standard InChI is InChI=1S/C16H20N4O4S/c1-11-9-12(2)20(16(22)17-11)10-15(21)18-13-5-7-14(8-6-13)25(23,24)19(3)4/h5-9H,10H2,1-4H3,(H,18,21). The van der Waals surface area contributed by atoms with Gasteiger partial charge in [-0.15, -0.1) is 0 Å². The first kappa shape index (κ1) is 18.8. The van der Waals surface area contributed by atoms with Crippen LogP contribution in [0, 0.1) is 13.8 Å². The summed E-state index contributed by atoms with van der Waals surface area (Å²) in [6, 6.07) is 7.54. The minimum atomic E-state index is -3.52. The number of nitrogens with zero attached hydrogens (tertiary/aromatic N) is 3. The molecule has 2 rings (SSSR count). The lowest BCUT2D eigenvalue weighted by Crippen LogP contribution is -2.31. The van der Waals surface area contributed by atoms with E-state index < -0.39 is 21.6 Å². The Hall–Kier alpha value is -2.52. The van der Waals surface area contributed by atoms with E-state index >= 15 is 0 Å². The number of carbonyl (C=O) groups excluding carboxylic acids is 1. The van der Waals surface area contributed by atoms with Crippen LogP contribution in [0.4, 0.5) is 5.69 Å². The lowest BCUT2D eigenvalue weighted by molar-refractivity contribution is -0.116. The van der Waals surface area contributed by atoms with E-state index in [1.54, 1.807) is 19.9 Å². The molecule has 0 saturated carbocycles. The van der Waals surface area contributed by atoms with Crippen molar-refractivity contribution in [2.45, 2.75) is 25.3 Å². The highest BCUT2D eigenvalue weighted by atomic mass is 32.2. The number of benzene rings is 1. The fraction of sp³-hybridized carbons (Fsp3) is 0.312. The number of hydrogen-bond donors (Lipinski definition) is 1. The third-order valence-electron chi connectivity index (χ3n) is 3.56. The summed E-state index contributed by atoms with van der Waals surface area (Å²) in [5, 5.41) is 2.63. The van der Waals surface area contributed by atoms with Crippen LogP contribution in [0.1, 0.15) is 11.4 Å². The molecule has 0 aliphatic carbocycles. The molecule has 1 amide bonds. The van der Waals surface area contributed by atoms with E-state index in [1.165, 1.54) is 42.9 Å². The lowest BCUT2D eigenvalue weighted by atomic mass is 10.3. The molecule has 0 spiro atoms. The molecule has 0 saturated heterocycles. The normalized spacial score (nSPS) is 11.6. The van der Waals surface area contributed by atoms with Gasteiger partial charge in [-0.25, -0.2) is 17.5 Å². The topological polar surface area (TPSA) is 101 Å². The first-order valence-corrected chi connectivity index (χ1v) is 8.93. The van der Waals surface area contributed by atoms with Gasteiger partial charge in [0.25, 0.3) is 0 Å². The zero-order valence-corrected chi connectivity index (χ0v) is 15.3. The third-order valence-corrected chi connectivity index (χ3v) is 5.39. The van der Waals surface area contributed by atoms with E-state index in [2.05, 4.69) is 10.3 Å². The Morgan fingerprint density at radius 1 is 1.20 bits per heavy atom. The highest BCUT2D eigenvalue weighted by Crippen LogP contribution is 2.16. The molecule has 1 aromatic heterocycles. The summed E-state index contributed by atoms with van der Waals surface area (Å²) in [6.45, 7) is 3.27. The van der Waals surface area contributed by atoms with Gasteiger partial charge in [-0.2, -0.15) is 4.98 Å². The van der Waals surface area contributed by atoms with Crippen LogP contribution in [0.25, 0.3) is 0 Å². The Labute approximate surface area is 146 Å². The van der Waals surface area contributed by atoms with Gasteiger partial charge in [-0.1, -0.05) is 0 Å². The predicted octanol–water partition coefficient (Wildman–Crippen LogP) is 0.749. The number of aromatic nitrogens is 2. The molecular formula is C16H20N4O4S. The highest BCUT2D eigenvalue weighted by molar-refractivity contribution is 7.89. The molecule has 8 nitrogen and oxygen atoms in total. The predicted molar refractivity (Wildman–Crippen MR) is 93.9 cm³/mol. The van der Waals surface area contributed by atoms with E-state index in [0.717, 1.165) is 4.31 Å². The van der Waals surface area contributed by atoms with E-state index in [4.69, 9.17) is 0 Å². The highest BCUT2D eigenvalue weighted by Gasteiger charge is 2.17. The third kappa shape index (κ3) is 4.31. The van der Waals surface area contributed by atoms with Gasteiger partial charge in [-0.3, -0.25) is 9.36 Å². The molecule has 0 unspecified atom stereocenters. The monoisotopic (exact) mass is 364 g/mol. The second kappa shape index (κ2) is 7.16. The quantitative estimate of drug-likeness (QED) is 0.844. The fourth-order valence-corrected chi connectivity index (χ4v) is 3.13. The smallest absolute Gasteiger partial charge is 0.325 e. The van der Waals surface area contributed by atoms with E-state index in [0.29, 0.717) is 17.1 Å². The van der Waals surface area contributed by atoms with Crippen molar-refractivity contribution in [3.63, 3.8) is 0 Å². The summed E-state index contributed by atoms with van der Waals surface area (Å²) in [4.78, 5) is 27.9. The van der Waals surface area contributed by atoms with Crippen molar-refractivity contribution in [3.05, 3.63) is 52.2 Å². The Kier molecular flexibility index (Phi) is 5.39. The average molecular weight is 364 g/mol. The molecule has 25 heavy (non-hydrogen) atoms. The summed E-state index contributed by atoms with van der Waals surface area (Å²) < 4.78 is 26.4. The van der Waals surface area contributed by atoms with Gasteiger partial charge in [0.1, 0.15) is 6.54 Å². The minimum Gasteiger partial charge on any atom is -0.325 e. The molecule has 1 heterocycles. The van der Waals surface area contributed by atoms with E-state index in [1.807, 2.05) is 0 Å². The molecule has 1 aromatic carbocycles. The first-order chi connectivity index (χ1) is 11.6. The molecule has 0 bridgehead atoms. The van der Waals surface area contributed by atoms with Gasteiger partial charge in [-0.05, 0) is 44.2 Å². The van der Waals surface area contributed by atoms with Crippen molar-refractivity contribution in [2.24, 2.45) is 0 Å². The number of amides is 1. The molecule has 0 aliphatic heterocycles. The van der Waals surface area contributed by atoms with Gasteiger partial charge in [0.05, 0.1) is 4.90 Å². The number of rotatable bonds is 5. The number of aryl methyl sites for hydroxylation is 2. The summed E-state index contributed by atoms with van der Waals surface area (Å²) in [7, 11) is -0.629. The fourth-order valence-electron chi connectivity index (χ4n) is 2.23. The van der Waals surface area contributed by atoms with Gasteiger partial charge < -0.3 is 5.32 Å². The minimum absolute atomic E-state index is 0.130. The van der Waals surface area contributed by atoms with Crippen LogP contribution in [-0.4, -0.2) is 42.3 Å². The maximum atomic E-state index is 12.1. The molecule has 0 radical (unpaired) electrons. The van der Waals surface area contributed by atoms with Gasteiger partial charge in [0, 0.05) is 31.2 Å². The maximum Gasteiger partial charge on any atom is 0.348 e. The van der Waals surface area contributed by atoms with Crippen molar-refractivity contribution < 1.29 is 13.2 Å². The Morgan fingerprint density at radius 3 is 2.32 bits per heavy atom. The summed E-state index contributed by atoms with van der Waals surface area (Å²) in [5.74, 6) is -0.404. The number of nitrogens with one attached hydrogen (secondary N) is 1. The van der Waals surface area contributed by atoms with Crippen molar-refractivity contribution in [1.29, 1.82) is 0 Å². The zero-order valence-electron chi connectivity index (χ0n) is 14.5. The van der Waals surface area contributed by atoms with E-state index in [9.17, 15) is 18.0 Å². The largest absolute Gasteiger partial charge is 0.348 e. The second-order valence-electron chi connectivity index (χ2n) is 5.77. The molecule has 0 aliphatic rings. The summed E-state index contributed by atoms with van der Waals surface area (Å²) in [5.41, 5.74) is 1.19. The van der Waals surface area contributed by atoms with Gasteiger partial charge in [0.15, 0.2) is 0 Å². The van der Waals surface area contributed by atoms with E-state index in [-0.39, 0.29) is 11.4 Å². The number of carbonyl (C=O) groups is 1. The van der Waals surface area contributed by atoms with Crippen LogP contribution in [0.3, 0.4) is 0 Å². The molecule has 0 atom stereocenters. The van der Waals surface area contributed by atoms with Crippen LogP contribution in [-0.2, 0) is 21.4 Å². The van der Waals surface area contributed by atoms with Crippen LogP contribution in [0.15, 0.2) is 40.0 Å². The summed E-state index contributed by atoms with van der Waals surface area (Å²) in [6.07, 6.45) is 0. The van der Waals surface area contributed by atoms with Crippen molar-refractivity contribution in [2.75, 3.05) is 19.4 Å². The van der Waals surface area contributed by atoms with Crippen molar-refractivity contribution >= 4 is 21.6 Å². The zero-order chi connectivity index (χ0) is 18.8. The van der Waals surface area contributed by atoms with Crippen LogP contribution in [0.2, 0.25) is 0 Å². The van der Waals surface area contributed by atoms with Crippen LogP contribution < -0.4 is 11.0 Å². The van der Waals surface area contributed by atoms with Crippen molar-refractivity contribution in [1.82, 2.24) is 13.9 Å². The maximum absolute atomic E-state index is 12.1. The first-order valence-electron chi connectivity index (χ1n) is 7.49. The van der Waals surface area contributed by atoms with Gasteiger partial charge >= 0.3 is 5.69 Å². The Balaban J connectivity index is 2.13. The second-order valence-corrected chi connectivity index (χ2v) is 7.92. The molecule has 1 N–H and O–H groups in total. The van der Waals surface area contributed by atoms with Crippen LogP contribution >= 0.6 is 0 Å². The molecule has 2 aromatic rings. The Morgan fingerprint density at radius 2 is 1.80 bits per heavy atom. The van der Waals surface area contributed by atoms with Crippen LogP contribution in [0.5, 0.6) is 0 Å². The Bertz CT molecular complexity index is 947. The number of hydrogen-bond acceptors (Lipinski definition) is 5. The molecular weight excluding hydrogens is 344 g/mol. The van der Waals surface area contributed by atoms with Gasteiger partial charge in [0.2, 0.25) is 15.9 Å². The lowest BCUT2D eigenvalue weighted by Gasteiger charge is -2.12. The molecule has 9 heteroatoms. The number of sulfonamides is 1. The number of anilines is 1. The summed E-state index contributed by atoms with van der Waals surface area (Å²) >= 11 is 0. The molecule has 134 valence electrons. The average Bonchev–Trinajstić information content (AvgIpc) is 2.51. The SMILES string of the molecule is Cc1cc(C)n(CC(=O)Nc2ccc(S(=O)(=O)N(C)C)cc2)c(=O)n1.